The zero-order valence-electron chi connectivity index (χ0n) is 22.5. The van der Waals surface area contributed by atoms with E-state index in [-0.39, 0.29) is 18.0 Å². The molecule has 0 saturated carbocycles. The van der Waals surface area contributed by atoms with E-state index in [2.05, 4.69) is 12.2 Å². The van der Waals surface area contributed by atoms with Crippen LogP contribution in [0.25, 0.3) is 16.8 Å². The van der Waals surface area contributed by atoms with Gasteiger partial charge in [0, 0.05) is 17.5 Å². The van der Waals surface area contributed by atoms with Gasteiger partial charge in [-0.05, 0) is 54.3 Å². The molecule has 0 fully saturated rings. The van der Waals surface area contributed by atoms with Crippen LogP contribution < -0.4 is 15.6 Å². The van der Waals surface area contributed by atoms with Crippen LogP contribution in [0.4, 0.5) is 9.18 Å². The van der Waals surface area contributed by atoms with E-state index < -0.39 is 12.5 Å². The first kappa shape index (κ1) is 28.5. The lowest BCUT2D eigenvalue weighted by atomic mass is 9.95. The van der Waals surface area contributed by atoms with Crippen molar-refractivity contribution in [1.29, 1.82) is 5.41 Å². The lowest BCUT2D eigenvalue weighted by Crippen LogP contribution is -2.29. The van der Waals surface area contributed by atoms with Gasteiger partial charge in [0.2, 0.25) is 7.85 Å². The summed E-state index contributed by atoms with van der Waals surface area (Å²) in [5.41, 5.74) is 5.06. The molecule has 4 aromatic rings. The molecule has 0 spiro atoms. The number of nitrogens with zero attached hydrogens (tertiary/aromatic N) is 2. The first-order chi connectivity index (χ1) is 19.3. The van der Waals surface area contributed by atoms with Gasteiger partial charge in [-0.3, -0.25) is 19.6 Å². The van der Waals surface area contributed by atoms with Crippen molar-refractivity contribution < 1.29 is 13.9 Å². The molecule has 4 rings (SSSR count). The number of aryl methyl sites for hydroxylation is 2. The highest BCUT2D eigenvalue weighted by atomic mass is 19.1. The molecule has 1 aromatic heterocycles. The van der Waals surface area contributed by atoms with Crippen LogP contribution >= 0.6 is 0 Å². The average Bonchev–Trinajstić information content (AvgIpc) is 2.95. The predicted molar refractivity (Wildman–Crippen MR) is 156 cm³/mol. The van der Waals surface area contributed by atoms with Crippen LogP contribution in [0, 0.1) is 12.3 Å². The molecule has 1 heterocycles. The highest BCUT2D eigenvalue weighted by Crippen LogP contribution is 2.25. The number of nitrogens with one attached hydrogen (secondary N) is 2. The number of hydrogen-bond acceptors (Lipinski definition) is 5. The van der Waals surface area contributed by atoms with Crippen LogP contribution in [0.3, 0.4) is 0 Å². The number of carbonyl (C=O) groups is 1. The van der Waals surface area contributed by atoms with Gasteiger partial charge in [0.05, 0.1) is 11.4 Å². The highest BCUT2D eigenvalue weighted by molar-refractivity contribution is 6.58. The number of rotatable bonds is 10. The highest BCUT2D eigenvalue weighted by Gasteiger charge is 2.17. The zero-order chi connectivity index (χ0) is 28.6. The van der Waals surface area contributed by atoms with Crippen LogP contribution in [0.15, 0.2) is 77.6 Å². The summed E-state index contributed by atoms with van der Waals surface area (Å²) in [6, 6.07) is 22.0. The normalized spacial score (nSPS) is 10.8. The van der Waals surface area contributed by atoms with Gasteiger partial charge < -0.3 is 10.1 Å². The van der Waals surface area contributed by atoms with Crippen LogP contribution in [0.5, 0.6) is 5.75 Å². The summed E-state index contributed by atoms with van der Waals surface area (Å²) in [4.78, 5) is 29.9. The van der Waals surface area contributed by atoms with Crippen LogP contribution in [-0.2, 0) is 12.8 Å². The van der Waals surface area contributed by atoms with Crippen molar-refractivity contribution in [2.24, 2.45) is 0 Å². The van der Waals surface area contributed by atoms with Crippen molar-refractivity contribution in [3.05, 3.63) is 111 Å². The van der Waals surface area contributed by atoms with Gasteiger partial charge >= 0.3 is 0 Å². The molecule has 202 valence electrons. The van der Waals surface area contributed by atoms with E-state index in [0.717, 1.165) is 28.8 Å². The molecule has 0 unspecified atom stereocenters. The fourth-order valence-electron chi connectivity index (χ4n) is 4.64. The van der Waals surface area contributed by atoms with Gasteiger partial charge in [0.25, 0.3) is 5.56 Å². The smallest absolute Gasteiger partial charge is 0.261 e. The minimum atomic E-state index is -0.795. The number of amidine groups is 1. The molecule has 0 aliphatic rings. The fourth-order valence-corrected chi connectivity index (χ4v) is 4.64. The van der Waals surface area contributed by atoms with E-state index in [9.17, 15) is 14.0 Å². The third-order valence-electron chi connectivity index (χ3n) is 6.45. The molecule has 1 amide bonds. The maximum atomic E-state index is 13.8. The zero-order valence-corrected chi connectivity index (χ0v) is 22.5. The Bertz CT molecular complexity index is 1570. The summed E-state index contributed by atoms with van der Waals surface area (Å²) < 4.78 is 19.4. The average molecular weight is 536 g/mol. The molecular weight excluding hydrogens is 506 g/mol. The second kappa shape index (κ2) is 13.0. The predicted octanol–water partition coefficient (Wildman–Crippen LogP) is 5.30. The Morgan fingerprint density at radius 2 is 1.77 bits per heavy atom. The molecule has 0 aliphatic carbocycles. The van der Waals surface area contributed by atoms with E-state index in [4.69, 9.17) is 23.0 Å². The summed E-state index contributed by atoms with van der Waals surface area (Å²) in [6.07, 6.45) is 1.94. The third kappa shape index (κ3) is 6.54. The van der Waals surface area contributed by atoms with E-state index in [0.29, 0.717) is 41.2 Å². The molecule has 2 N–H and O–H groups in total. The fraction of sp³-hybridized carbons (Fsp3) is 0.226. The Morgan fingerprint density at radius 3 is 2.42 bits per heavy atom. The molecule has 0 saturated heterocycles. The monoisotopic (exact) mass is 536 g/mol. The Hall–Kier alpha value is -4.53. The van der Waals surface area contributed by atoms with Gasteiger partial charge in [-0.2, -0.15) is 0 Å². The first-order valence-electron chi connectivity index (χ1n) is 13.1. The van der Waals surface area contributed by atoms with Crippen molar-refractivity contribution in [3.8, 4) is 22.6 Å². The summed E-state index contributed by atoms with van der Waals surface area (Å²) in [5, 5.41) is 10.5. The molecule has 2 radical (unpaired) electrons. The summed E-state index contributed by atoms with van der Waals surface area (Å²) in [7, 11) is 5.20. The van der Waals surface area contributed by atoms with Crippen molar-refractivity contribution in [2.45, 2.75) is 33.1 Å². The number of alkyl halides is 1. The molecular formula is C31H30BFN4O3. The van der Waals surface area contributed by atoms with Crippen LogP contribution in [0.2, 0.25) is 0 Å². The third-order valence-corrected chi connectivity index (χ3v) is 6.45. The Balaban J connectivity index is 1.67. The number of halogens is 1. The number of amides is 1. The molecule has 0 bridgehead atoms. The van der Waals surface area contributed by atoms with Crippen LogP contribution in [-0.4, -0.2) is 42.3 Å². The quantitative estimate of drug-likeness (QED) is 0.163. The molecule has 7 nitrogen and oxygen atoms in total. The molecule has 0 atom stereocenters. The summed E-state index contributed by atoms with van der Waals surface area (Å²) >= 11 is 0. The van der Waals surface area contributed by atoms with Gasteiger partial charge in [-0.1, -0.05) is 61.9 Å². The lowest BCUT2D eigenvalue weighted by molar-refractivity contribution is 0.263. The van der Waals surface area contributed by atoms with Gasteiger partial charge in [-0.15, -0.1) is 0 Å². The Labute approximate surface area is 234 Å². The minimum absolute atomic E-state index is 0.0209. The minimum Gasteiger partial charge on any atom is -0.491 e. The van der Waals surface area contributed by atoms with Crippen molar-refractivity contribution >= 4 is 19.5 Å². The molecule has 3 aromatic carbocycles. The van der Waals surface area contributed by atoms with Crippen molar-refractivity contribution in [3.63, 3.8) is 0 Å². The number of carbonyl (C=O) groups excluding carboxylic acids is 1. The van der Waals surface area contributed by atoms with Crippen LogP contribution in [0.1, 0.15) is 41.6 Å². The number of benzene rings is 3. The Kier molecular flexibility index (Phi) is 9.27. The molecule has 9 heteroatoms. The topological polar surface area (TPSA) is 97.1 Å². The second-order valence-electron chi connectivity index (χ2n) is 9.29. The Morgan fingerprint density at radius 1 is 1.07 bits per heavy atom. The largest absolute Gasteiger partial charge is 0.491 e. The number of ether oxygens (including phenoxy) is 1. The van der Waals surface area contributed by atoms with Gasteiger partial charge in [-0.25, -0.2) is 9.37 Å². The van der Waals surface area contributed by atoms with Crippen molar-refractivity contribution in [1.82, 2.24) is 14.9 Å². The second-order valence-corrected chi connectivity index (χ2v) is 9.29. The lowest BCUT2D eigenvalue weighted by Gasteiger charge is -2.16. The number of aromatic nitrogens is 2. The van der Waals surface area contributed by atoms with E-state index in [1.54, 1.807) is 41.0 Å². The summed E-state index contributed by atoms with van der Waals surface area (Å²) in [6.45, 7) is 3.28. The molecule has 40 heavy (non-hydrogen) atoms. The van der Waals surface area contributed by atoms with Crippen molar-refractivity contribution in [2.75, 3.05) is 13.3 Å². The standard InChI is InChI=1S/C31H30BFN4O3/c1-3-6-28-27(30(38)37(20(2)35-28)23-13-15-24(16-14-23)40-18-17-33)19-21-9-11-22(12-10-21)25-7-4-5-8-26(25)29(34)36-31(32)39/h4-5,7-16H,3,6,17-19H2,1-2H3,(H2,34,36,39). The first-order valence-corrected chi connectivity index (χ1v) is 13.1. The van der Waals surface area contributed by atoms with Gasteiger partial charge in [0.1, 0.15) is 30.7 Å². The van der Waals surface area contributed by atoms with E-state index >= 15 is 0 Å². The van der Waals surface area contributed by atoms with Gasteiger partial charge in [0.15, 0.2) is 5.81 Å². The SMILES string of the molecule is [B]C(=O)NC(=N)c1ccccc1-c1ccc(Cc2c(CCC)nc(C)n(-c3ccc(OCCF)cc3)c2=O)cc1. The maximum Gasteiger partial charge on any atom is 0.261 e. The van der Waals surface area contributed by atoms with E-state index in [1.165, 1.54) is 0 Å². The molecule has 0 aliphatic heterocycles. The maximum absolute atomic E-state index is 13.8. The van der Waals surface area contributed by atoms with E-state index in [1.807, 2.05) is 43.3 Å². The number of hydrogen-bond donors (Lipinski definition) is 2. The summed E-state index contributed by atoms with van der Waals surface area (Å²) in [5.74, 6) is 0.250.